The highest BCUT2D eigenvalue weighted by atomic mass is 35.5. The molecule has 0 amide bonds. The van der Waals surface area contributed by atoms with Crippen molar-refractivity contribution in [3.63, 3.8) is 0 Å². The number of nitro groups is 1. The van der Waals surface area contributed by atoms with E-state index in [9.17, 15) is 19.7 Å². The predicted molar refractivity (Wildman–Crippen MR) is 122 cm³/mol. The summed E-state index contributed by atoms with van der Waals surface area (Å²) >= 11 is 6.48. The molecule has 1 aliphatic heterocycles. The molecule has 0 unspecified atom stereocenters. The molecule has 0 saturated heterocycles. The molecule has 1 heterocycles. The Labute approximate surface area is 199 Å². The number of hydrogen-bond acceptors (Lipinski definition) is 8. The third-order valence-corrected chi connectivity index (χ3v) is 6.02. The standard InChI is InChI=1S/C24H21ClN2O7/c1-32-24(29)22-20(21-17(28)3-2-4-19(21)34-23(22)26)14-7-10-18(16(25)11-14)33-12-13-5-8-15(9-6-13)27(30)31/h5-11,20H,2-4,12,26H2,1H3/t20-/m0/s1. The second-order valence-electron chi connectivity index (χ2n) is 7.82. The molecule has 0 fully saturated rings. The third kappa shape index (κ3) is 4.47. The highest BCUT2D eigenvalue weighted by Crippen LogP contribution is 2.45. The van der Waals surface area contributed by atoms with Gasteiger partial charge >= 0.3 is 5.97 Å². The predicted octanol–water partition coefficient (Wildman–Crippen LogP) is 4.29. The number of nitrogens with zero attached hydrogens (tertiary/aromatic N) is 1. The Kier molecular flexibility index (Phi) is 6.56. The molecule has 0 radical (unpaired) electrons. The lowest BCUT2D eigenvalue weighted by atomic mass is 9.77. The van der Waals surface area contributed by atoms with E-state index in [0.717, 1.165) is 5.56 Å². The van der Waals surface area contributed by atoms with Gasteiger partial charge in [0.05, 0.1) is 23.0 Å². The number of nitrogens with two attached hydrogens (primary N) is 1. The van der Waals surface area contributed by atoms with E-state index in [-0.39, 0.29) is 34.6 Å². The van der Waals surface area contributed by atoms with Crippen LogP contribution in [0.15, 0.2) is 65.3 Å². The number of esters is 1. The summed E-state index contributed by atoms with van der Waals surface area (Å²) in [4.78, 5) is 35.7. The SMILES string of the molecule is COC(=O)C1=C(N)OC2=C(C(=O)CCC2)[C@@H]1c1ccc(OCc2ccc([N+](=O)[O-])cc2)c(Cl)c1. The van der Waals surface area contributed by atoms with Crippen LogP contribution < -0.4 is 10.5 Å². The number of carbonyl (C=O) groups is 2. The van der Waals surface area contributed by atoms with Crippen molar-refractivity contribution in [1.29, 1.82) is 0 Å². The van der Waals surface area contributed by atoms with Crippen LogP contribution in [0.4, 0.5) is 5.69 Å². The van der Waals surface area contributed by atoms with Crippen molar-refractivity contribution in [1.82, 2.24) is 0 Å². The first kappa shape index (κ1) is 23.3. The van der Waals surface area contributed by atoms with Crippen LogP contribution in [0, 0.1) is 10.1 Å². The molecule has 1 atom stereocenters. The molecule has 0 aromatic heterocycles. The van der Waals surface area contributed by atoms with E-state index in [0.29, 0.717) is 41.9 Å². The van der Waals surface area contributed by atoms with Crippen molar-refractivity contribution in [2.24, 2.45) is 5.73 Å². The minimum Gasteiger partial charge on any atom is -0.487 e. The van der Waals surface area contributed by atoms with Crippen LogP contribution in [0.25, 0.3) is 0 Å². The summed E-state index contributed by atoms with van der Waals surface area (Å²) in [6.45, 7) is 0.141. The number of non-ortho nitro benzene ring substituents is 1. The summed E-state index contributed by atoms with van der Waals surface area (Å²) in [5.74, 6) is -0.848. The number of carbonyl (C=O) groups excluding carboxylic acids is 2. The van der Waals surface area contributed by atoms with Crippen LogP contribution in [-0.2, 0) is 25.7 Å². The third-order valence-electron chi connectivity index (χ3n) is 5.72. The van der Waals surface area contributed by atoms with Crippen LogP contribution in [-0.4, -0.2) is 23.8 Å². The minimum absolute atomic E-state index is 0.0118. The van der Waals surface area contributed by atoms with Crippen molar-refractivity contribution < 1.29 is 28.7 Å². The van der Waals surface area contributed by atoms with Gasteiger partial charge in [-0.1, -0.05) is 17.7 Å². The maximum Gasteiger partial charge on any atom is 0.340 e. The van der Waals surface area contributed by atoms with Crippen molar-refractivity contribution in [3.8, 4) is 5.75 Å². The smallest absolute Gasteiger partial charge is 0.340 e. The van der Waals surface area contributed by atoms with Crippen molar-refractivity contribution in [3.05, 3.63) is 91.5 Å². The lowest BCUT2D eigenvalue weighted by Crippen LogP contribution is -2.31. The Bertz CT molecular complexity index is 1230. The number of halogens is 1. The number of ether oxygens (including phenoxy) is 3. The molecule has 4 rings (SSSR count). The fourth-order valence-electron chi connectivity index (χ4n) is 4.09. The van der Waals surface area contributed by atoms with Crippen LogP contribution in [0.3, 0.4) is 0 Å². The Morgan fingerprint density at radius 3 is 2.62 bits per heavy atom. The van der Waals surface area contributed by atoms with E-state index in [1.165, 1.54) is 19.2 Å². The summed E-state index contributed by atoms with van der Waals surface area (Å²) in [6, 6.07) is 10.9. The summed E-state index contributed by atoms with van der Waals surface area (Å²) < 4.78 is 16.3. The Hall–Kier alpha value is -3.85. The summed E-state index contributed by atoms with van der Waals surface area (Å²) in [7, 11) is 1.23. The largest absolute Gasteiger partial charge is 0.487 e. The quantitative estimate of drug-likeness (QED) is 0.365. The Balaban J connectivity index is 1.63. The highest BCUT2D eigenvalue weighted by molar-refractivity contribution is 6.32. The molecule has 0 spiro atoms. The van der Waals surface area contributed by atoms with Crippen LogP contribution >= 0.6 is 11.6 Å². The van der Waals surface area contributed by atoms with Gasteiger partial charge in [0.25, 0.3) is 5.69 Å². The van der Waals surface area contributed by atoms with E-state index in [2.05, 4.69) is 0 Å². The average Bonchev–Trinajstić information content (AvgIpc) is 2.82. The normalized spacial score (nSPS) is 17.7. The van der Waals surface area contributed by atoms with Gasteiger partial charge in [-0.15, -0.1) is 0 Å². The number of benzene rings is 2. The first-order valence-corrected chi connectivity index (χ1v) is 10.9. The number of hydrogen-bond donors (Lipinski definition) is 1. The van der Waals surface area contributed by atoms with Crippen molar-refractivity contribution >= 4 is 29.0 Å². The van der Waals surface area contributed by atoms with Crippen LogP contribution in [0.1, 0.15) is 36.3 Å². The molecule has 2 N–H and O–H groups in total. The number of allylic oxidation sites excluding steroid dienone is 2. The second-order valence-corrected chi connectivity index (χ2v) is 8.23. The molecular formula is C24H21ClN2O7. The van der Waals surface area contributed by atoms with Crippen molar-refractivity contribution in [2.75, 3.05) is 7.11 Å². The summed E-state index contributed by atoms with van der Waals surface area (Å²) in [5.41, 5.74) is 7.77. The van der Waals surface area contributed by atoms with Gasteiger partial charge in [0.15, 0.2) is 5.78 Å². The van der Waals surface area contributed by atoms with E-state index < -0.39 is 16.8 Å². The fraction of sp³-hybridized carbons (Fsp3) is 0.250. The molecule has 9 nitrogen and oxygen atoms in total. The molecule has 10 heteroatoms. The van der Waals surface area contributed by atoms with Gasteiger partial charge in [-0.2, -0.15) is 0 Å². The Morgan fingerprint density at radius 2 is 1.97 bits per heavy atom. The van der Waals surface area contributed by atoms with Gasteiger partial charge in [0.1, 0.15) is 23.7 Å². The lowest BCUT2D eigenvalue weighted by Gasteiger charge is -2.32. The zero-order chi connectivity index (χ0) is 24.4. The molecule has 1 aliphatic carbocycles. The minimum atomic E-state index is -0.773. The monoisotopic (exact) mass is 484 g/mol. The zero-order valence-electron chi connectivity index (χ0n) is 18.2. The molecule has 2 aliphatic rings. The topological polar surface area (TPSA) is 131 Å². The molecule has 2 aromatic rings. The van der Waals surface area contributed by atoms with Gasteiger partial charge in [-0.25, -0.2) is 4.79 Å². The van der Waals surface area contributed by atoms with Gasteiger partial charge in [0, 0.05) is 30.5 Å². The fourth-order valence-corrected chi connectivity index (χ4v) is 4.33. The maximum atomic E-state index is 12.8. The number of methoxy groups -OCH3 is 1. The summed E-state index contributed by atoms with van der Waals surface area (Å²) in [5, 5.41) is 11.1. The lowest BCUT2D eigenvalue weighted by molar-refractivity contribution is -0.384. The zero-order valence-corrected chi connectivity index (χ0v) is 19.0. The van der Waals surface area contributed by atoms with E-state index in [1.54, 1.807) is 30.3 Å². The van der Waals surface area contributed by atoms with Crippen LogP contribution in [0.2, 0.25) is 5.02 Å². The van der Waals surface area contributed by atoms with E-state index >= 15 is 0 Å². The first-order chi connectivity index (χ1) is 16.3. The maximum absolute atomic E-state index is 12.8. The first-order valence-electron chi connectivity index (χ1n) is 10.5. The van der Waals surface area contributed by atoms with E-state index in [1.807, 2.05) is 0 Å². The molecule has 0 bridgehead atoms. The average molecular weight is 485 g/mol. The number of ketones is 1. The van der Waals surface area contributed by atoms with E-state index in [4.69, 9.17) is 31.5 Å². The molecule has 176 valence electrons. The molecule has 34 heavy (non-hydrogen) atoms. The Morgan fingerprint density at radius 1 is 1.24 bits per heavy atom. The highest BCUT2D eigenvalue weighted by Gasteiger charge is 2.41. The molecular weight excluding hydrogens is 464 g/mol. The number of rotatable bonds is 6. The molecule has 0 saturated carbocycles. The molecule has 2 aromatic carbocycles. The van der Waals surface area contributed by atoms with Gasteiger partial charge in [0.2, 0.25) is 5.88 Å². The second kappa shape index (κ2) is 9.56. The van der Waals surface area contributed by atoms with Gasteiger partial charge in [-0.05, 0) is 41.8 Å². The van der Waals surface area contributed by atoms with Crippen LogP contribution in [0.5, 0.6) is 5.75 Å². The van der Waals surface area contributed by atoms with Crippen molar-refractivity contribution in [2.45, 2.75) is 31.8 Å². The van der Waals surface area contributed by atoms with Gasteiger partial charge in [-0.3, -0.25) is 14.9 Å². The number of Topliss-reactive ketones (excluding diaryl/α,β-unsaturated/α-hetero) is 1. The summed E-state index contributed by atoms with van der Waals surface area (Å²) in [6.07, 6.45) is 1.52. The number of nitro benzene ring substituents is 1. The van der Waals surface area contributed by atoms with Gasteiger partial charge < -0.3 is 19.9 Å².